The van der Waals surface area contributed by atoms with Gasteiger partial charge < -0.3 is 10.1 Å². The summed E-state index contributed by atoms with van der Waals surface area (Å²) in [4.78, 5) is 26.0. The Kier molecular flexibility index (Phi) is 8.87. The number of nitrogens with zero attached hydrogens (tertiary/aromatic N) is 1. The highest BCUT2D eigenvalue weighted by Gasteiger charge is 2.25. The number of hydrazone groups is 1. The summed E-state index contributed by atoms with van der Waals surface area (Å²) in [7, 11) is 0. The Balaban J connectivity index is 1.49. The number of benzene rings is 4. The van der Waals surface area contributed by atoms with Gasteiger partial charge in [-0.3, -0.25) is 9.59 Å². The van der Waals surface area contributed by atoms with Crippen LogP contribution in [-0.4, -0.2) is 30.2 Å². The largest absolute Gasteiger partial charge is 0.479 e. The minimum absolute atomic E-state index is 0.152. The van der Waals surface area contributed by atoms with E-state index in [0.717, 1.165) is 27.1 Å². The molecule has 38 heavy (non-hydrogen) atoms. The van der Waals surface area contributed by atoms with Crippen LogP contribution >= 0.6 is 23.2 Å². The molecule has 0 unspecified atom stereocenters. The molecule has 0 spiro atoms. The molecule has 0 radical (unpaired) electrons. The van der Waals surface area contributed by atoms with Gasteiger partial charge in [-0.2, -0.15) is 5.10 Å². The molecule has 0 aliphatic carbocycles. The second-order valence-corrected chi connectivity index (χ2v) is 10.3. The minimum Gasteiger partial charge on any atom is -0.479 e. The number of halogens is 2. The second-order valence-electron chi connectivity index (χ2n) is 9.49. The Morgan fingerprint density at radius 3 is 2.13 bits per heavy atom. The number of hydrogen-bond acceptors (Lipinski definition) is 4. The van der Waals surface area contributed by atoms with Gasteiger partial charge in [-0.1, -0.05) is 85.6 Å². The van der Waals surface area contributed by atoms with E-state index in [4.69, 9.17) is 27.9 Å². The third-order valence-corrected chi connectivity index (χ3v) is 6.62. The van der Waals surface area contributed by atoms with Crippen molar-refractivity contribution >= 4 is 62.8 Å². The van der Waals surface area contributed by atoms with E-state index in [1.165, 1.54) is 6.07 Å². The predicted octanol–water partition coefficient (Wildman–Crippen LogP) is 6.75. The molecule has 0 saturated heterocycles. The van der Waals surface area contributed by atoms with Crippen LogP contribution in [0.3, 0.4) is 0 Å². The van der Waals surface area contributed by atoms with Gasteiger partial charge in [0, 0.05) is 10.6 Å². The van der Waals surface area contributed by atoms with Crippen molar-refractivity contribution in [2.45, 2.75) is 39.3 Å². The Morgan fingerprint density at radius 1 is 0.895 bits per heavy atom. The summed E-state index contributed by atoms with van der Waals surface area (Å²) in [5.74, 6) is -0.375. The zero-order chi connectivity index (χ0) is 27.2. The van der Waals surface area contributed by atoms with E-state index >= 15 is 0 Å². The van der Waals surface area contributed by atoms with E-state index in [-0.39, 0.29) is 5.92 Å². The molecular formula is C30H29Cl2N3O3. The van der Waals surface area contributed by atoms with Crippen LogP contribution in [0.2, 0.25) is 10.0 Å². The standard InChI is InChI=1S/C30H29Cl2N3O3/c1-18(2)14-27(34-29(36)19(3)38-28-13-12-22(31)16-26(28)32)30(37)35-33-17-25-23-10-6-4-8-20(23)15-21-9-5-7-11-24(21)25/h4-13,15-19,27H,14H2,1-3H3,(H,34,36)(H,35,37)/b33-17-/t19-,27+/m0/s1. The number of rotatable bonds is 9. The van der Waals surface area contributed by atoms with Gasteiger partial charge in [-0.15, -0.1) is 0 Å². The molecule has 0 aliphatic heterocycles. The highest BCUT2D eigenvalue weighted by atomic mass is 35.5. The van der Waals surface area contributed by atoms with Gasteiger partial charge in [0.25, 0.3) is 11.8 Å². The average Bonchev–Trinajstić information content (AvgIpc) is 2.89. The predicted molar refractivity (Wildman–Crippen MR) is 155 cm³/mol. The summed E-state index contributed by atoms with van der Waals surface area (Å²) in [5, 5.41) is 12.0. The maximum Gasteiger partial charge on any atom is 0.262 e. The maximum atomic E-state index is 13.1. The Morgan fingerprint density at radius 2 is 1.53 bits per heavy atom. The van der Waals surface area contributed by atoms with Gasteiger partial charge in [0.2, 0.25) is 0 Å². The molecule has 0 aliphatic rings. The van der Waals surface area contributed by atoms with Gasteiger partial charge in [0.05, 0.1) is 11.2 Å². The van der Waals surface area contributed by atoms with Crippen molar-refractivity contribution in [3.63, 3.8) is 0 Å². The van der Waals surface area contributed by atoms with Crippen LogP contribution in [0.5, 0.6) is 5.75 Å². The van der Waals surface area contributed by atoms with E-state index < -0.39 is 24.0 Å². The van der Waals surface area contributed by atoms with Crippen molar-refractivity contribution in [2.24, 2.45) is 11.0 Å². The van der Waals surface area contributed by atoms with Crippen molar-refractivity contribution in [3.05, 3.63) is 88.4 Å². The summed E-state index contributed by atoms with van der Waals surface area (Å²) in [5.41, 5.74) is 3.52. The van der Waals surface area contributed by atoms with Crippen molar-refractivity contribution < 1.29 is 14.3 Å². The lowest BCUT2D eigenvalue weighted by Crippen LogP contribution is -2.49. The van der Waals surface area contributed by atoms with Gasteiger partial charge in [0.1, 0.15) is 11.8 Å². The molecule has 2 N–H and O–H groups in total. The lowest BCUT2D eigenvalue weighted by molar-refractivity contribution is -0.132. The molecule has 2 atom stereocenters. The van der Waals surface area contributed by atoms with E-state index in [0.29, 0.717) is 22.2 Å². The molecule has 0 heterocycles. The summed E-state index contributed by atoms with van der Waals surface area (Å²) >= 11 is 12.1. The fraction of sp³-hybridized carbons (Fsp3) is 0.233. The van der Waals surface area contributed by atoms with Crippen LogP contribution in [0.25, 0.3) is 21.5 Å². The van der Waals surface area contributed by atoms with Crippen LogP contribution in [0, 0.1) is 5.92 Å². The third-order valence-electron chi connectivity index (χ3n) is 6.09. The summed E-state index contributed by atoms with van der Waals surface area (Å²) < 4.78 is 5.70. The lowest BCUT2D eigenvalue weighted by Gasteiger charge is -2.22. The first kappa shape index (κ1) is 27.4. The fourth-order valence-electron chi connectivity index (χ4n) is 4.23. The third kappa shape index (κ3) is 6.63. The van der Waals surface area contributed by atoms with Gasteiger partial charge in [-0.05, 0) is 65.1 Å². The number of fused-ring (bicyclic) bond motifs is 2. The number of carbonyl (C=O) groups excluding carboxylic acids is 2. The van der Waals surface area contributed by atoms with Crippen LogP contribution in [0.4, 0.5) is 0 Å². The molecule has 0 saturated carbocycles. The van der Waals surface area contributed by atoms with Crippen LogP contribution < -0.4 is 15.5 Å². The molecule has 0 aromatic heterocycles. The normalized spacial score (nSPS) is 13.1. The molecule has 4 aromatic carbocycles. The van der Waals surface area contributed by atoms with E-state index in [1.54, 1.807) is 25.3 Å². The molecule has 6 nitrogen and oxygen atoms in total. The van der Waals surface area contributed by atoms with E-state index in [2.05, 4.69) is 21.9 Å². The quantitative estimate of drug-likeness (QED) is 0.138. The fourth-order valence-corrected chi connectivity index (χ4v) is 4.69. The SMILES string of the molecule is CC(C)C[C@@H](NC(=O)[C@H](C)Oc1ccc(Cl)cc1Cl)C(=O)N/N=C\c1c2ccccc2cc2ccccc12. The van der Waals surface area contributed by atoms with Crippen LogP contribution in [0.1, 0.15) is 32.8 Å². The Bertz CT molecular complexity index is 1450. The molecule has 196 valence electrons. The summed E-state index contributed by atoms with van der Waals surface area (Å²) in [6.45, 7) is 5.55. The lowest BCUT2D eigenvalue weighted by atomic mass is 9.97. The molecule has 4 rings (SSSR count). The summed E-state index contributed by atoms with van der Waals surface area (Å²) in [6, 6.07) is 22.2. The van der Waals surface area contributed by atoms with Crippen LogP contribution in [-0.2, 0) is 9.59 Å². The Hall–Kier alpha value is -3.61. The second kappa shape index (κ2) is 12.3. The first-order valence-corrected chi connectivity index (χ1v) is 13.1. The zero-order valence-corrected chi connectivity index (χ0v) is 22.9. The average molecular weight is 550 g/mol. The monoisotopic (exact) mass is 549 g/mol. The van der Waals surface area contributed by atoms with Crippen molar-refractivity contribution in [3.8, 4) is 5.75 Å². The number of nitrogens with one attached hydrogen (secondary N) is 2. The van der Waals surface area contributed by atoms with Gasteiger partial charge in [0.15, 0.2) is 6.10 Å². The molecule has 4 aromatic rings. The van der Waals surface area contributed by atoms with Gasteiger partial charge in [-0.25, -0.2) is 5.43 Å². The van der Waals surface area contributed by atoms with Crippen molar-refractivity contribution in [2.75, 3.05) is 0 Å². The van der Waals surface area contributed by atoms with Crippen LogP contribution in [0.15, 0.2) is 77.9 Å². The minimum atomic E-state index is -0.887. The van der Waals surface area contributed by atoms with Crippen molar-refractivity contribution in [1.82, 2.24) is 10.7 Å². The Labute approximate surface area is 232 Å². The molecule has 2 amide bonds. The number of amides is 2. The first-order chi connectivity index (χ1) is 18.2. The van der Waals surface area contributed by atoms with E-state index in [1.807, 2.05) is 62.4 Å². The highest BCUT2D eigenvalue weighted by molar-refractivity contribution is 6.35. The number of hydrogen-bond donors (Lipinski definition) is 2. The van der Waals surface area contributed by atoms with E-state index in [9.17, 15) is 9.59 Å². The number of carbonyl (C=O) groups is 2. The first-order valence-electron chi connectivity index (χ1n) is 12.4. The number of ether oxygens (including phenoxy) is 1. The van der Waals surface area contributed by atoms with Crippen molar-refractivity contribution in [1.29, 1.82) is 0 Å². The molecule has 0 fully saturated rings. The summed E-state index contributed by atoms with van der Waals surface area (Å²) in [6.07, 6.45) is 1.20. The molecule has 8 heteroatoms. The topological polar surface area (TPSA) is 79.8 Å². The molecule has 0 bridgehead atoms. The highest BCUT2D eigenvalue weighted by Crippen LogP contribution is 2.29. The zero-order valence-electron chi connectivity index (χ0n) is 21.4. The maximum absolute atomic E-state index is 13.1. The van der Waals surface area contributed by atoms with Gasteiger partial charge >= 0.3 is 0 Å². The smallest absolute Gasteiger partial charge is 0.262 e. The molecular weight excluding hydrogens is 521 g/mol.